The Morgan fingerprint density at radius 3 is 2.62 bits per heavy atom. The van der Waals surface area contributed by atoms with Crippen molar-refractivity contribution in [1.29, 1.82) is 0 Å². The Kier molecular flexibility index (Phi) is 4.83. The molecule has 0 aromatic carbocycles. The Morgan fingerprint density at radius 1 is 1.43 bits per heavy atom. The number of carbonyl (C=O) groups is 2. The molecule has 2 rings (SSSR count). The Morgan fingerprint density at radius 2 is 2.10 bits per heavy atom. The summed E-state index contributed by atoms with van der Waals surface area (Å²) in [6, 6.07) is 0.0342. The van der Waals surface area contributed by atoms with Crippen LogP contribution in [0.15, 0.2) is 0 Å². The summed E-state index contributed by atoms with van der Waals surface area (Å²) in [5.41, 5.74) is 8.78. The van der Waals surface area contributed by atoms with E-state index in [4.69, 9.17) is 5.73 Å². The van der Waals surface area contributed by atoms with Gasteiger partial charge in [-0.1, -0.05) is 13.3 Å². The SMILES string of the molecule is CCCc1c(C(=O)NCC(N)C2CC2)[nH]c(C)c1C(C)=O. The largest absolute Gasteiger partial charge is 0.354 e. The monoisotopic (exact) mass is 291 g/mol. The number of H-pyrrole nitrogens is 1. The molecule has 5 heteroatoms. The summed E-state index contributed by atoms with van der Waals surface area (Å²) in [5, 5.41) is 2.89. The van der Waals surface area contributed by atoms with Crippen LogP contribution in [0.5, 0.6) is 0 Å². The number of rotatable bonds is 7. The molecule has 1 amide bonds. The lowest BCUT2D eigenvalue weighted by Gasteiger charge is -2.12. The van der Waals surface area contributed by atoms with Crippen molar-refractivity contribution in [2.75, 3.05) is 6.54 Å². The average Bonchev–Trinajstić information content (AvgIpc) is 3.21. The van der Waals surface area contributed by atoms with Gasteiger partial charge in [0.1, 0.15) is 5.69 Å². The number of ketones is 1. The van der Waals surface area contributed by atoms with Crippen molar-refractivity contribution in [1.82, 2.24) is 10.3 Å². The molecule has 4 N–H and O–H groups in total. The Hall–Kier alpha value is -1.62. The number of hydrogen-bond donors (Lipinski definition) is 3. The fraction of sp³-hybridized carbons (Fsp3) is 0.625. The molecular weight excluding hydrogens is 266 g/mol. The highest BCUT2D eigenvalue weighted by Gasteiger charge is 2.29. The molecule has 0 saturated heterocycles. The molecule has 1 aliphatic rings. The van der Waals surface area contributed by atoms with Crippen LogP contribution in [0.3, 0.4) is 0 Å². The van der Waals surface area contributed by atoms with E-state index in [1.165, 1.54) is 0 Å². The lowest BCUT2D eigenvalue weighted by Crippen LogP contribution is -2.39. The lowest BCUT2D eigenvalue weighted by atomic mass is 10.0. The van der Waals surface area contributed by atoms with Crippen LogP contribution < -0.4 is 11.1 Å². The molecule has 5 nitrogen and oxygen atoms in total. The number of amides is 1. The van der Waals surface area contributed by atoms with Crippen molar-refractivity contribution in [2.45, 2.75) is 52.5 Å². The van der Waals surface area contributed by atoms with Gasteiger partial charge in [0.15, 0.2) is 5.78 Å². The minimum absolute atomic E-state index is 0.000863. The van der Waals surface area contributed by atoms with Gasteiger partial charge in [-0.2, -0.15) is 0 Å². The molecule has 0 aliphatic heterocycles. The van der Waals surface area contributed by atoms with Gasteiger partial charge in [0.05, 0.1) is 0 Å². The first-order valence-corrected chi connectivity index (χ1v) is 7.71. The van der Waals surface area contributed by atoms with Crippen LogP contribution in [0, 0.1) is 12.8 Å². The van der Waals surface area contributed by atoms with E-state index in [1.54, 1.807) is 6.92 Å². The summed E-state index contributed by atoms with van der Waals surface area (Å²) >= 11 is 0. The third kappa shape index (κ3) is 3.53. The number of aryl methyl sites for hydroxylation is 1. The number of aromatic nitrogens is 1. The quantitative estimate of drug-likeness (QED) is 0.671. The highest BCUT2D eigenvalue weighted by Crippen LogP contribution is 2.31. The highest BCUT2D eigenvalue weighted by molar-refractivity contribution is 6.02. The predicted octanol–water partition coefficient (Wildman–Crippen LogP) is 1.95. The van der Waals surface area contributed by atoms with Crippen molar-refractivity contribution >= 4 is 11.7 Å². The topological polar surface area (TPSA) is 88.0 Å². The summed E-state index contributed by atoms with van der Waals surface area (Å²) in [6.07, 6.45) is 3.93. The molecule has 1 saturated carbocycles. The first-order valence-electron chi connectivity index (χ1n) is 7.71. The fourth-order valence-corrected chi connectivity index (χ4v) is 2.84. The van der Waals surface area contributed by atoms with E-state index in [-0.39, 0.29) is 17.7 Å². The number of Topliss-reactive ketones (excluding diaryl/α,β-unsaturated/α-hetero) is 1. The number of nitrogens with two attached hydrogens (primary N) is 1. The van der Waals surface area contributed by atoms with E-state index in [0.717, 1.165) is 36.9 Å². The van der Waals surface area contributed by atoms with E-state index >= 15 is 0 Å². The molecule has 0 bridgehead atoms. The van der Waals surface area contributed by atoms with Crippen LogP contribution in [0.2, 0.25) is 0 Å². The molecule has 1 unspecified atom stereocenters. The molecule has 0 spiro atoms. The van der Waals surface area contributed by atoms with Crippen LogP contribution in [0.1, 0.15) is 65.2 Å². The van der Waals surface area contributed by atoms with Crippen LogP contribution in [0.25, 0.3) is 0 Å². The molecule has 1 aromatic heterocycles. The maximum Gasteiger partial charge on any atom is 0.268 e. The molecule has 1 fully saturated rings. The van der Waals surface area contributed by atoms with Crippen LogP contribution in [-0.2, 0) is 6.42 Å². The summed E-state index contributed by atoms with van der Waals surface area (Å²) in [6.45, 7) is 5.90. The Balaban J connectivity index is 2.15. The predicted molar refractivity (Wildman–Crippen MR) is 82.6 cm³/mol. The van der Waals surface area contributed by atoms with Gasteiger partial charge in [0.2, 0.25) is 0 Å². The standard InChI is InChI=1S/C16H25N3O2/c1-4-5-12-14(10(3)20)9(2)19-15(12)16(21)18-8-13(17)11-6-7-11/h11,13,19H,4-8,17H2,1-3H3,(H,18,21). The van der Waals surface area contributed by atoms with Gasteiger partial charge < -0.3 is 16.0 Å². The van der Waals surface area contributed by atoms with E-state index in [2.05, 4.69) is 10.3 Å². The highest BCUT2D eigenvalue weighted by atomic mass is 16.2. The zero-order valence-corrected chi connectivity index (χ0v) is 13.1. The Labute approximate surface area is 125 Å². The second kappa shape index (κ2) is 6.43. The molecule has 1 heterocycles. The molecule has 21 heavy (non-hydrogen) atoms. The van der Waals surface area contributed by atoms with E-state index in [0.29, 0.717) is 23.7 Å². The summed E-state index contributed by atoms with van der Waals surface area (Å²) in [4.78, 5) is 27.2. The number of aromatic amines is 1. The maximum absolute atomic E-state index is 12.4. The van der Waals surface area contributed by atoms with Gasteiger partial charge in [-0.15, -0.1) is 0 Å². The number of nitrogens with one attached hydrogen (secondary N) is 2. The van der Waals surface area contributed by atoms with Gasteiger partial charge in [-0.25, -0.2) is 0 Å². The molecular formula is C16H25N3O2. The molecule has 116 valence electrons. The first kappa shape index (κ1) is 15.8. The molecule has 1 aromatic rings. The summed E-state index contributed by atoms with van der Waals surface area (Å²) in [5.74, 6) is 0.393. The third-order valence-corrected chi connectivity index (χ3v) is 4.10. The van der Waals surface area contributed by atoms with Crippen molar-refractivity contribution < 1.29 is 9.59 Å². The normalized spacial score (nSPS) is 15.8. The van der Waals surface area contributed by atoms with Crippen LogP contribution >= 0.6 is 0 Å². The summed E-state index contributed by atoms with van der Waals surface area (Å²) in [7, 11) is 0. The van der Waals surface area contributed by atoms with Crippen molar-refractivity contribution in [2.24, 2.45) is 11.7 Å². The third-order valence-electron chi connectivity index (χ3n) is 4.10. The molecule has 0 radical (unpaired) electrons. The average molecular weight is 291 g/mol. The zero-order valence-electron chi connectivity index (χ0n) is 13.1. The van der Waals surface area contributed by atoms with Crippen LogP contribution in [0.4, 0.5) is 0 Å². The molecule has 1 atom stereocenters. The van der Waals surface area contributed by atoms with Gasteiger partial charge in [-0.05, 0) is 44.6 Å². The minimum Gasteiger partial charge on any atom is -0.354 e. The van der Waals surface area contributed by atoms with E-state index < -0.39 is 0 Å². The second-order valence-corrected chi connectivity index (χ2v) is 6.00. The zero-order chi connectivity index (χ0) is 15.6. The van der Waals surface area contributed by atoms with E-state index in [9.17, 15) is 9.59 Å². The van der Waals surface area contributed by atoms with Crippen molar-refractivity contribution in [3.63, 3.8) is 0 Å². The maximum atomic E-state index is 12.4. The van der Waals surface area contributed by atoms with Gasteiger partial charge in [0, 0.05) is 23.8 Å². The van der Waals surface area contributed by atoms with E-state index in [1.807, 2.05) is 13.8 Å². The second-order valence-electron chi connectivity index (χ2n) is 6.00. The lowest BCUT2D eigenvalue weighted by molar-refractivity contribution is 0.0944. The van der Waals surface area contributed by atoms with Gasteiger partial charge >= 0.3 is 0 Å². The van der Waals surface area contributed by atoms with Gasteiger partial charge in [-0.3, -0.25) is 9.59 Å². The minimum atomic E-state index is -0.162. The molecule has 1 aliphatic carbocycles. The fourth-order valence-electron chi connectivity index (χ4n) is 2.84. The number of hydrogen-bond acceptors (Lipinski definition) is 3. The number of carbonyl (C=O) groups excluding carboxylic acids is 2. The van der Waals surface area contributed by atoms with Crippen LogP contribution in [-0.4, -0.2) is 29.3 Å². The van der Waals surface area contributed by atoms with Gasteiger partial charge in [0.25, 0.3) is 5.91 Å². The summed E-state index contributed by atoms with van der Waals surface area (Å²) < 4.78 is 0. The Bertz CT molecular complexity index is 544. The van der Waals surface area contributed by atoms with Crippen molar-refractivity contribution in [3.8, 4) is 0 Å². The smallest absolute Gasteiger partial charge is 0.268 e. The first-order chi connectivity index (χ1) is 9.95. The van der Waals surface area contributed by atoms with Crippen molar-refractivity contribution in [3.05, 3.63) is 22.5 Å².